The molecule has 2 rings (SSSR count). The molecule has 2 aromatic rings. The van der Waals surface area contributed by atoms with Crippen LogP contribution in [0.25, 0.3) is 10.8 Å². The van der Waals surface area contributed by atoms with Crippen LogP contribution in [0.1, 0.15) is 12.3 Å². The number of rotatable bonds is 6. The van der Waals surface area contributed by atoms with Crippen molar-refractivity contribution >= 4 is 17.3 Å². The van der Waals surface area contributed by atoms with Crippen LogP contribution in [-0.2, 0) is 11.3 Å². The van der Waals surface area contributed by atoms with Gasteiger partial charge in [-0.1, -0.05) is 6.07 Å². The second-order valence-electron chi connectivity index (χ2n) is 3.86. The highest BCUT2D eigenvalue weighted by Crippen LogP contribution is 2.23. The number of nitrogens with zero attached hydrogens (tertiary/aromatic N) is 3. The van der Waals surface area contributed by atoms with E-state index in [1.54, 1.807) is 0 Å². The highest BCUT2D eigenvalue weighted by molar-refractivity contribution is 7.13. The second-order valence-corrected chi connectivity index (χ2v) is 4.81. The average Bonchev–Trinajstić information content (AvgIpc) is 2.95. The van der Waals surface area contributed by atoms with Crippen molar-refractivity contribution in [1.29, 1.82) is 0 Å². The standard InChI is InChI=1S/C11H13N3O3S/c1-14(5-4-10(15)16)7-9-12-13-11(17-9)8-3-2-6-18-8/h2-3,6H,4-5,7H2,1H3,(H,15,16). The van der Waals surface area contributed by atoms with Crippen molar-refractivity contribution in [3.05, 3.63) is 23.4 Å². The molecule has 6 nitrogen and oxygen atoms in total. The first-order valence-corrected chi connectivity index (χ1v) is 6.29. The summed E-state index contributed by atoms with van der Waals surface area (Å²) in [7, 11) is 1.82. The summed E-state index contributed by atoms with van der Waals surface area (Å²) in [6, 6.07) is 3.83. The fraction of sp³-hybridized carbons (Fsp3) is 0.364. The molecule has 0 spiro atoms. The third kappa shape index (κ3) is 3.38. The zero-order valence-corrected chi connectivity index (χ0v) is 10.7. The SMILES string of the molecule is CN(CCC(=O)O)Cc1nnc(-c2cccs2)o1. The normalized spacial score (nSPS) is 11.0. The van der Waals surface area contributed by atoms with Gasteiger partial charge >= 0.3 is 5.97 Å². The lowest BCUT2D eigenvalue weighted by Crippen LogP contribution is -2.21. The van der Waals surface area contributed by atoms with Gasteiger partial charge < -0.3 is 9.52 Å². The van der Waals surface area contributed by atoms with Crippen molar-refractivity contribution in [2.24, 2.45) is 0 Å². The lowest BCUT2D eigenvalue weighted by Gasteiger charge is -2.11. The highest BCUT2D eigenvalue weighted by Gasteiger charge is 2.11. The van der Waals surface area contributed by atoms with Crippen LogP contribution in [0.4, 0.5) is 0 Å². The van der Waals surface area contributed by atoms with Crippen LogP contribution in [0.3, 0.4) is 0 Å². The van der Waals surface area contributed by atoms with E-state index in [1.165, 1.54) is 11.3 Å². The Morgan fingerprint density at radius 1 is 1.56 bits per heavy atom. The van der Waals surface area contributed by atoms with Gasteiger partial charge in [-0.2, -0.15) is 0 Å². The summed E-state index contributed by atoms with van der Waals surface area (Å²) < 4.78 is 5.50. The van der Waals surface area contributed by atoms with Crippen molar-refractivity contribution in [3.8, 4) is 10.8 Å². The molecule has 0 unspecified atom stereocenters. The molecular weight excluding hydrogens is 254 g/mol. The number of thiophene rings is 1. The minimum atomic E-state index is -0.813. The Kier molecular flexibility index (Phi) is 4.06. The fourth-order valence-corrected chi connectivity index (χ4v) is 2.06. The molecule has 0 aliphatic heterocycles. The molecule has 0 bridgehead atoms. The Morgan fingerprint density at radius 2 is 2.39 bits per heavy atom. The van der Waals surface area contributed by atoms with E-state index in [-0.39, 0.29) is 6.42 Å². The van der Waals surface area contributed by atoms with Crippen LogP contribution >= 0.6 is 11.3 Å². The number of carbonyl (C=O) groups is 1. The third-order valence-corrected chi connectivity index (χ3v) is 3.17. The molecule has 0 amide bonds. The van der Waals surface area contributed by atoms with Gasteiger partial charge in [0.25, 0.3) is 5.89 Å². The molecule has 0 saturated carbocycles. The Balaban J connectivity index is 1.92. The van der Waals surface area contributed by atoms with Crippen molar-refractivity contribution in [1.82, 2.24) is 15.1 Å². The summed E-state index contributed by atoms with van der Waals surface area (Å²) in [6.07, 6.45) is 0.0996. The molecule has 0 aliphatic rings. The van der Waals surface area contributed by atoms with Gasteiger partial charge in [0, 0.05) is 6.54 Å². The van der Waals surface area contributed by atoms with E-state index in [1.807, 2.05) is 29.5 Å². The molecule has 18 heavy (non-hydrogen) atoms. The zero-order chi connectivity index (χ0) is 13.0. The third-order valence-electron chi connectivity index (χ3n) is 2.31. The van der Waals surface area contributed by atoms with Crippen molar-refractivity contribution < 1.29 is 14.3 Å². The maximum absolute atomic E-state index is 10.4. The summed E-state index contributed by atoms with van der Waals surface area (Å²) in [5.74, 6) is 0.185. The van der Waals surface area contributed by atoms with Gasteiger partial charge in [0.15, 0.2) is 0 Å². The molecule has 0 aromatic carbocycles. The predicted molar refractivity (Wildman–Crippen MR) is 66.2 cm³/mol. The van der Waals surface area contributed by atoms with Crippen LogP contribution < -0.4 is 0 Å². The number of aromatic nitrogens is 2. The van der Waals surface area contributed by atoms with E-state index in [0.717, 1.165) is 4.88 Å². The van der Waals surface area contributed by atoms with E-state index in [9.17, 15) is 4.79 Å². The molecule has 96 valence electrons. The minimum Gasteiger partial charge on any atom is -0.481 e. The van der Waals surface area contributed by atoms with Crippen molar-refractivity contribution in [2.45, 2.75) is 13.0 Å². The number of carboxylic acids is 1. The van der Waals surface area contributed by atoms with E-state index in [0.29, 0.717) is 24.9 Å². The van der Waals surface area contributed by atoms with Gasteiger partial charge in [-0.25, -0.2) is 0 Å². The fourth-order valence-electron chi connectivity index (χ4n) is 1.41. The number of carboxylic acid groups (broad SMARTS) is 1. The maximum Gasteiger partial charge on any atom is 0.304 e. The van der Waals surface area contributed by atoms with Gasteiger partial charge in [0.05, 0.1) is 17.8 Å². The molecule has 0 atom stereocenters. The van der Waals surface area contributed by atoms with E-state index in [2.05, 4.69) is 10.2 Å². The van der Waals surface area contributed by atoms with Crippen LogP contribution in [0, 0.1) is 0 Å². The number of aliphatic carboxylic acids is 1. The van der Waals surface area contributed by atoms with Crippen LogP contribution in [0.5, 0.6) is 0 Å². The van der Waals surface area contributed by atoms with E-state index < -0.39 is 5.97 Å². The van der Waals surface area contributed by atoms with Gasteiger partial charge in [0.1, 0.15) is 0 Å². The number of hydrogen-bond donors (Lipinski definition) is 1. The van der Waals surface area contributed by atoms with E-state index in [4.69, 9.17) is 9.52 Å². The van der Waals surface area contributed by atoms with Crippen LogP contribution in [-0.4, -0.2) is 39.8 Å². The molecular formula is C11H13N3O3S. The van der Waals surface area contributed by atoms with Crippen molar-refractivity contribution in [3.63, 3.8) is 0 Å². The lowest BCUT2D eigenvalue weighted by molar-refractivity contribution is -0.137. The monoisotopic (exact) mass is 267 g/mol. The lowest BCUT2D eigenvalue weighted by atomic mass is 10.4. The molecule has 2 heterocycles. The van der Waals surface area contributed by atoms with Gasteiger partial charge in [-0.05, 0) is 18.5 Å². The summed E-state index contributed by atoms with van der Waals surface area (Å²) in [5, 5.41) is 18.4. The Labute approximate surface area is 108 Å². The molecule has 7 heteroatoms. The van der Waals surface area contributed by atoms with E-state index >= 15 is 0 Å². The Morgan fingerprint density at radius 3 is 3.06 bits per heavy atom. The first kappa shape index (κ1) is 12.7. The first-order valence-electron chi connectivity index (χ1n) is 5.42. The van der Waals surface area contributed by atoms with Crippen LogP contribution in [0.2, 0.25) is 0 Å². The van der Waals surface area contributed by atoms with Gasteiger partial charge in [-0.3, -0.25) is 9.69 Å². The summed E-state index contributed by atoms with van der Waals surface area (Å²) in [4.78, 5) is 13.2. The first-order chi connectivity index (χ1) is 8.65. The smallest absolute Gasteiger partial charge is 0.304 e. The second kappa shape index (κ2) is 5.74. The quantitative estimate of drug-likeness (QED) is 0.858. The maximum atomic E-state index is 10.4. The summed E-state index contributed by atoms with van der Waals surface area (Å²) in [6.45, 7) is 0.900. The number of hydrogen-bond acceptors (Lipinski definition) is 6. The highest BCUT2D eigenvalue weighted by atomic mass is 32.1. The molecule has 0 saturated heterocycles. The Hall–Kier alpha value is -1.73. The largest absolute Gasteiger partial charge is 0.481 e. The van der Waals surface area contributed by atoms with Gasteiger partial charge in [-0.15, -0.1) is 21.5 Å². The zero-order valence-electron chi connectivity index (χ0n) is 9.87. The van der Waals surface area contributed by atoms with Crippen molar-refractivity contribution in [2.75, 3.05) is 13.6 Å². The molecule has 0 radical (unpaired) electrons. The van der Waals surface area contributed by atoms with Gasteiger partial charge in [0.2, 0.25) is 5.89 Å². The molecule has 2 aromatic heterocycles. The molecule has 0 aliphatic carbocycles. The minimum absolute atomic E-state index is 0.0996. The summed E-state index contributed by atoms with van der Waals surface area (Å²) in [5.41, 5.74) is 0. The average molecular weight is 267 g/mol. The molecule has 1 N–H and O–H groups in total. The van der Waals surface area contributed by atoms with Crippen LogP contribution in [0.15, 0.2) is 21.9 Å². The summed E-state index contributed by atoms with van der Waals surface area (Å²) >= 11 is 1.53. The Bertz CT molecular complexity index is 509. The molecule has 0 fully saturated rings. The topological polar surface area (TPSA) is 79.5 Å². The predicted octanol–water partition coefficient (Wildman–Crippen LogP) is 1.70.